The van der Waals surface area contributed by atoms with Crippen LogP contribution in [-0.2, 0) is 11.2 Å². The summed E-state index contributed by atoms with van der Waals surface area (Å²) in [5, 5.41) is 0. The first kappa shape index (κ1) is 15.6. The van der Waals surface area contributed by atoms with Crippen molar-refractivity contribution in [3.8, 4) is 5.75 Å². The molecule has 1 unspecified atom stereocenters. The molecular weight excluding hydrogens is 290 g/mol. The number of carbonyl (C=O) groups is 1. The van der Waals surface area contributed by atoms with Crippen molar-refractivity contribution < 1.29 is 9.53 Å². The number of H-pyrrole nitrogens is 1. The zero-order chi connectivity index (χ0) is 16.1. The Kier molecular flexibility index (Phi) is 4.95. The molecule has 1 aromatic carbocycles. The number of imidazole rings is 1. The quantitative estimate of drug-likeness (QED) is 0.922. The lowest BCUT2D eigenvalue weighted by Crippen LogP contribution is -2.39. The summed E-state index contributed by atoms with van der Waals surface area (Å²) < 4.78 is 5.36. The first-order chi connectivity index (χ1) is 11.3. The molecule has 0 radical (unpaired) electrons. The van der Waals surface area contributed by atoms with Crippen molar-refractivity contribution in [3.63, 3.8) is 0 Å². The van der Waals surface area contributed by atoms with Gasteiger partial charge in [-0.05, 0) is 37.3 Å². The normalized spacial score (nSPS) is 18.0. The minimum atomic E-state index is 0.0870. The van der Waals surface area contributed by atoms with Gasteiger partial charge in [-0.15, -0.1) is 0 Å². The van der Waals surface area contributed by atoms with Crippen LogP contribution in [0.4, 0.5) is 0 Å². The SMILES string of the molecule is COc1ccccc1CCC(=O)N1CCCCC1c1ncc[nH]1. The van der Waals surface area contributed by atoms with Crippen molar-refractivity contribution in [1.82, 2.24) is 14.9 Å². The Balaban J connectivity index is 1.66. The van der Waals surface area contributed by atoms with Gasteiger partial charge in [0.2, 0.25) is 5.91 Å². The molecule has 23 heavy (non-hydrogen) atoms. The van der Waals surface area contributed by atoms with Crippen molar-refractivity contribution in [2.24, 2.45) is 0 Å². The summed E-state index contributed by atoms with van der Waals surface area (Å²) in [5.74, 6) is 1.94. The van der Waals surface area contributed by atoms with E-state index in [4.69, 9.17) is 4.74 Å². The van der Waals surface area contributed by atoms with Gasteiger partial charge in [0, 0.05) is 25.4 Å². The molecule has 1 amide bonds. The summed E-state index contributed by atoms with van der Waals surface area (Å²) in [6, 6.07) is 7.97. The highest BCUT2D eigenvalue weighted by Gasteiger charge is 2.29. The van der Waals surface area contributed by atoms with E-state index >= 15 is 0 Å². The monoisotopic (exact) mass is 313 g/mol. The molecule has 1 N–H and O–H groups in total. The average Bonchev–Trinajstić information content (AvgIpc) is 3.14. The predicted molar refractivity (Wildman–Crippen MR) is 88.2 cm³/mol. The number of rotatable bonds is 5. The van der Waals surface area contributed by atoms with Crippen LogP contribution in [0.5, 0.6) is 5.75 Å². The fourth-order valence-corrected chi connectivity index (χ4v) is 3.27. The van der Waals surface area contributed by atoms with Gasteiger partial charge in [0.05, 0.1) is 13.2 Å². The first-order valence-corrected chi connectivity index (χ1v) is 8.20. The standard InChI is InChI=1S/C18H23N3O2/c1-23-16-8-3-2-6-14(16)9-10-17(22)21-13-5-4-7-15(21)18-19-11-12-20-18/h2-3,6,8,11-12,15H,4-5,7,9-10,13H2,1H3,(H,19,20). The smallest absolute Gasteiger partial charge is 0.223 e. The van der Waals surface area contributed by atoms with Gasteiger partial charge in [0.15, 0.2) is 0 Å². The van der Waals surface area contributed by atoms with E-state index in [9.17, 15) is 4.79 Å². The molecule has 0 spiro atoms. The Bertz CT molecular complexity index is 639. The third kappa shape index (κ3) is 3.55. The molecule has 1 saturated heterocycles. The topological polar surface area (TPSA) is 58.2 Å². The Hall–Kier alpha value is -2.30. The zero-order valence-electron chi connectivity index (χ0n) is 13.5. The summed E-state index contributed by atoms with van der Waals surface area (Å²) in [6.45, 7) is 0.816. The Morgan fingerprint density at radius 3 is 3.04 bits per heavy atom. The van der Waals surface area contributed by atoms with E-state index in [1.807, 2.05) is 35.4 Å². The van der Waals surface area contributed by atoms with Crippen LogP contribution in [0.1, 0.15) is 43.1 Å². The molecule has 3 rings (SSSR count). The summed E-state index contributed by atoms with van der Waals surface area (Å²) in [4.78, 5) is 22.2. The highest BCUT2D eigenvalue weighted by Crippen LogP contribution is 2.29. The first-order valence-electron chi connectivity index (χ1n) is 8.20. The zero-order valence-corrected chi connectivity index (χ0v) is 13.5. The van der Waals surface area contributed by atoms with Gasteiger partial charge >= 0.3 is 0 Å². The number of aryl methyl sites for hydroxylation is 1. The number of amides is 1. The number of likely N-dealkylation sites (tertiary alicyclic amines) is 1. The third-order valence-electron chi connectivity index (χ3n) is 4.46. The molecular formula is C18H23N3O2. The second-order valence-corrected chi connectivity index (χ2v) is 5.88. The highest BCUT2D eigenvalue weighted by atomic mass is 16.5. The molecule has 122 valence electrons. The van der Waals surface area contributed by atoms with Crippen LogP contribution in [0.2, 0.25) is 0 Å². The second kappa shape index (κ2) is 7.31. The minimum Gasteiger partial charge on any atom is -0.496 e. The molecule has 1 aliphatic heterocycles. The van der Waals surface area contributed by atoms with Crippen molar-refractivity contribution in [2.75, 3.05) is 13.7 Å². The number of hydrogen-bond donors (Lipinski definition) is 1. The molecule has 1 atom stereocenters. The predicted octanol–water partition coefficient (Wildman–Crippen LogP) is 3.10. The van der Waals surface area contributed by atoms with Crippen LogP contribution in [0.25, 0.3) is 0 Å². The summed E-state index contributed by atoms with van der Waals surface area (Å²) >= 11 is 0. The summed E-state index contributed by atoms with van der Waals surface area (Å²) in [7, 11) is 1.66. The molecule has 0 saturated carbocycles. The van der Waals surface area contributed by atoms with E-state index in [0.717, 1.165) is 42.9 Å². The number of carbonyl (C=O) groups excluding carboxylic acids is 1. The Labute approximate surface area is 136 Å². The highest BCUT2D eigenvalue weighted by molar-refractivity contribution is 5.77. The Morgan fingerprint density at radius 1 is 1.39 bits per heavy atom. The minimum absolute atomic E-state index is 0.0870. The average molecular weight is 313 g/mol. The summed E-state index contributed by atoms with van der Waals surface area (Å²) in [6.07, 6.45) is 7.96. The van der Waals surface area contributed by atoms with E-state index in [2.05, 4.69) is 9.97 Å². The number of nitrogens with zero attached hydrogens (tertiary/aromatic N) is 2. The maximum absolute atomic E-state index is 12.7. The van der Waals surface area contributed by atoms with Gasteiger partial charge in [-0.1, -0.05) is 18.2 Å². The number of benzene rings is 1. The van der Waals surface area contributed by atoms with Crippen LogP contribution in [-0.4, -0.2) is 34.4 Å². The number of methoxy groups -OCH3 is 1. The van der Waals surface area contributed by atoms with Crippen molar-refractivity contribution in [2.45, 2.75) is 38.1 Å². The lowest BCUT2D eigenvalue weighted by molar-refractivity contribution is -0.135. The van der Waals surface area contributed by atoms with E-state index in [0.29, 0.717) is 12.8 Å². The number of piperidine rings is 1. The third-order valence-corrected chi connectivity index (χ3v) is 4.46. The van der Waals surface area contributed by atoms with Crippen LogP contribution in [0.3, 0.4) is 0 Å². The summed E-state index contributed by atoms with van der Waals surface area (Å²) in [5.41, 5.74) is 1.08. The molecule has 0 aliphatic carbocycles. The fraction of sp³-hybridized carbons (Fsp3) is 0.444. The van der Waals surface area contributed by atoms with Gasteiger partial charge in [0.1, 0.15) is 11.6 Å². The van der Waals surface area contributed by atoms with Crippen LogP contribution in [0, 0.1) is 0 Å². The number of ether oxygens (including phenoxy) is 1. The van der Waals surface area contributed by atoms with Gasteiger partial charge in [-0.2, -0.15) is 0 Å². The lowest BCUT2D eigenvalue weighted by atomic mass is 10.00. The Morgan fingerprint density at radius 2 is 2.26 bits per heavy atom. The molecule has 1 aromatic heterocycles. The molecule has 2 aromatic rings. The van der Waals surface area contributed by atoms with E-state index in [1.54, 1.807) is 13.3 Å². The maximum Gasteiger partial charge on any atom is 0.223 e. The maximum atomic E-state index is 12.7. The second-order valence-electron chi connectivity index (χ2n) is 5.88. The van der Waals surface area contributed by atoms with Gasteiger partial charge in [-0.25, -0.2) is 4.98 Å². The fourth-order valence-electron chi connectivity index (χ4n) is 3.27. The van der Waals surface area contributed by atoms with Crippen molar-refractivity contribution in [1.29, 1.82) is 0 Å². The molecule has 5 heteroatoms. The molecule has 1 aliphatic rings. The number of aromatic nitrogens is 2. The van der Waals surface area contributed by atoms with Crippen LogP contribution in [0.15, 0.2) is 36.7 Å². The van der Waals surface area contributed by atoms with Crippen LogP contribution >= 0.6 is 0 Å². The van der Waals surface area contributed by atoms with Gasteiger partial charge in [0.25, 0.3) is 0 Å². The number of hydrogen-bond acceptors (Lipinski definition) is 3. The molecule has 0 bridgehead atoms. The largest absolute Gasteiger partial charge is 0.496 e. The van der Waals surface area contributed by atoms with Crippen molar-refractivity contribution >= 4 is 5.91 Å². The molecule has 1 fully saturated rings. The van der Waals surface area contributed by atoms with Crippen LogP contribution < -0.4 is 4.74 Å². The molecule has 2 heterocycles. The van der Waals surface area contributed by atoms with E-state index in [-0.39, 0.29) is 11.9 Å². The number of aromatic amines is 1. The molecule has 5 nitrogen and oxygen atoms in total. The lowest BCUT2D eigenvalue weighted by Gasteiger charge is -2.34. The van der Waals surface area contributed by atoms with Gasteiger partial charge < -0.3 is 14.6 Å². The van der Waals surface area contributed by atoms with E-state index < -0.39 is 0 Å². The number of nitrogens with one attached hydrogen (secondary N) is 1. The van der Waals surface area contributed by atoms with Gasteiger partial charge in [-0.3, -0.25) is 4.79 Å². The van der Waals surface area contributed by atoms with E-state index in [1.165, 1.54) is 0 Å². The number of para-hydroxylation sites is 1. The van der Waals surface area contributed by atoms with Crippen molar-refractivity contribution in [3.05, 3.63) is 48.0 Å².